The van der Waals surface area contributed by atoms with Crippen molar-refractivity contribution in [1.29, 1.82) is 0 Å². The lowest BCUT2D eigenvalue weighted by molar-refractivity contribution is -0.127. The summed E-state index contributed by atoms with van der Waals surface area (Å²) < 4.78 is 0. The summed E-state index contributed by atoms with van der Waals surface area (Å²) in [6.07, 6.45) is 55.7. The van der Waals surface area contributed by atoms with Crippen LogP contribution in [0.1, 0.15) is 284 Å². The number of hydrogen-bond donors (Lipinski definition) is 1. The molecule has 0 rings (SSSR count). The molecule has 0 aliphatic rings. The maximum atomic E-state index is 12.3. The lowest BCUT2D eigenvalue weighted by Crippen LogP contribution is -2.19. The van der Waals surface area contributed by atoms with Gasteiger partial charge in [0.1, 0.15) is 6.10 Å². The van der Waals surface area contributed by atoms with Crippen LogP contribution in [0.5, 0.6) is 0 Å². The Labute approximate surface area is 304 Å². The Bertz CT molecular complexity index is 587. The molecule has 0 aromatic rings. The molecule has 0 heterocycles. The molecule has 0 aliphatic heterocycles. The van der Waals surface area contributed by atoms with Gasteiger partial charge in [0.2, 0.25) is 0 Å². The Morgan fingerprint density at radius 3 is 0.729 bits per heavy atom. The maximum absolute atomic E-state index is 12.3. The second-order valence-electron chi connectivity index (χ2n) is 16.0. The monoisotopic (exact) mass is 677 g/mol. The number of carbonyl (C=O) groups is 1. The third kappa shape index (κ3) is 40.1. The van der Waals surface area contributed by atoms with Crippen molar-refractivity contribution in [2.75, 3.05) is 0 Å². The van der Waals surface area contributed by atoms with E-state index in [1.807, 2.05) is 0 Å². The minimum atomic E-state index is -0.707. The zero-order valence-electron chi connectivity index (χ0n) is 33.6. The topological polar surface area (TPSA) is 37.3 Å². The van der Waals surface area contributed by atoms with E-state index in [1.54, 1.807) is 0 Å². The molecule has 1 N–H and O–H groups in total. The normalized spacial score (nSPS) is 12.2. The third-order valence-corrected chi connectivity index (χ3v) is 11.0. The number of carbonyl (C=O) groups excluding carboxylic acids is 1. The van der Waals surface area contributed by atoms with Gasteiger partial charge in [-0.3, -0.25) is 4.79 Å². The highest BCUT2D eigenvalue weighted by atomic mass is 16.3. The summed E-state index contributed by atoms with van der Waals surface area (Å²) in [7, 11) is 0. The second kappa shape index (κ2) is 42.8. The van der Waals surface area contributed by atoms with E-state index >= 15 is 0 Å². The molecule has 0 amide bonds. The zero-order valence-corrected chi connectivity index (χ0v) is 33.6. The quantitative estimate of drug-likeness (QED) is 0.0653. The number of Topliss-reactive ketones (excluding diaryl/α,β-unsaturated/α-hetero) is 1. The third-order valence-electron chi connectivity index (χ3n) is 11.0. The largest absolute Gasteiger partial charge is 0.385 e. The molecular formula is C46H92O2. The number of unbranched alkanes of at least 4 members (excludes halogenated alkanes) is 38. The molecule has 0 aliphatic carbocycles. The summed E-state index contributed by atoms with van der Waals surface area (Å²) in [4.78, 5) is 12.3. The highest BCUT2D eigenvalue weighted by Crippen LogP contribution is 2.18. The summed E-state index contributed by atoms with van der Waals surface area (Å²) in [5, 5.41) is 10.3. The molecule has 48 heavy (non-hydrogen) atoms. The van der Waals surface area contributed by atoms with Gasteiger partial charge >= 0.3 is 0 Å². The first-order chi connectivity index (χ1) is 23.7. The van der Waals surface area contributed by atoms with E-state index in [9.17, 15) is 9.90 Å². The molecule has 0 saturated heterocycles. The van der Waals surface area contributed by atoms with Gasteiger partial charge in [-0.25, -0.2) is 0 Å². The van der Waals surface area contributed by atoms with E-state index in [-0.39, 0.29) is 5.78 Å². The van der Waals surface area contributed by atoms with Gasteiger partial charge in [-0.15, -0.1) is 0 Å². The summed E-state index contributed by atoms with van der Waals surface area (Å²) in [5.41, 5.74) is 0. The van der Waals surface area contributed by atoms with Crippen LogP contribution >= 0.6 is 0 Å². The van der Waals surface area contributed by atoms with Crippen LogP contribution in [0.15, 0.2) is 0 Å². The van der Waals surface area contributed by atoms with Crippen molar-refractivity contribution in [2.45, 2.75) is 290 Å². The lowest BCUT2D eigenvalue weighted by Gasteiger charge is -2.09. The molecule has 0 aromatic carbocycles. The fourth-order valence-electron chi connectivity index (χ4n) is 7.47. The first kappa shape index (κ1) is 47.6. The van der Waals surface area contributed by atoms with E-state index in [0.29, 0.717) is 12.8 Å². The minimum absolute atomic E-state index is 0.0928. The van der Waals surface area contributed by atoms with E-state index in [1.165, 1.54) is 238 Å². The predicted molar refractivity (Wildman–Crippen MR) is 216 cm³/mol. The molecule has 0 saturated carbocycles. The number of hydrogen-bond acceptors (Lipinski definition) is 2. The van der Waals surface area contributed by atoms with Gasteiger partial charge in [-0.2, -0.15) is 0 Å². The molecule has 2 nitrogen and oxygen atoms in total. The molecule has 1 unspecified atom stereocenters. The molecule has 0 bridgehead atoms. The number of aliphatic hydroxyl groups is 1. The molecular weight excluding hydrogens is 585 g/mol. The van der Waals surface area contributed by atoms with Crippen LogP contribution in [0.3, 0.4) is 0 Å². The zero-order chi connectivity index (χ0) is 34.9. The van der Waals surface area contributed by atoms with Crippen LogP contribution in [0.25, 0.3) is 0 Å². The summed E-state index contributed by atoms with van der Waals surface area (Å²) in [6.45, 7) is 4.59. The first-order valence-corrected chi connectivity index (χ1v) is 22.9. The standard InChI is InChI=1S/C46H92O2/c1-3-5-7-9-11-13-15-17-19-21-23-24-26-28-30-32-34-36-38-40-42-44-46(48)45(47)43-41-39-37-35-33-31-29-27-25-22-20-18-16-14-12-10-8-6-4-2/h45,47H,3-44H2,1-2H3. The Hall–Kier alpha value is -0.370. The van der Waals surface area contributed by atoms with E-state index in [4.69, 9.17) is 0 Å². The average Bonchev–Trinajstić information content (AvgIpc) is 3.09. The van der Waals surface area contributed by atoms with Crippen molar-refractivity contribution in [3.05, 3.63) is 0 Å². The lowest BCUT2D eigenvalue weighted by atomic mass is 10.00. The SMILES string of the molecule is CCCCCCCCCCCCCCCCCCCCCCCC(=O)C(O)CCCCCCCCCCCCCCCCCCCCC. The predicted octanol–water partition coefficient (Wildman–Crippen LogP) is 16.3. The Balaban J connectivity index is 3.25. The highest BCUT2D eigenvalue weighted by molar-refractivity contribution is 5.82. The van der Waals surface area contributed by atoms with Crippen LogP contribution in [0, 0.1) is 0 Å². The van der Waals surface area contributed by atoms with Crippen LogP contribution in [-0.4, -0.2) is 17.0 Å². The Morgan fingerprint density at radius 1 is 0.312 bits per heavy atom. The minimum Gasteiger partial charge on any atom is -0.385 e. The van der Waals surface area contributed by atoms with Crippen molar-refractivity contribution in [3.8, 4) is 0 Å². The fourth-order valence-corrected chi connectivity index (χ4v) is 7.47. The Kier molecular flexibility index (Phi) is 42.5. The highest BCUT2D eigenvalue weighted by Gasteiger charge is 2.13. The molecule has 0 aromatic heterocycles. The van der Waals surface area contributed by atoms with E-state index in [0.717, 1.165) is 19.3 Å². The summed E-state index contributed by atoms with van der Waals surface area (Å²) in [6, 6.07) is 0. The second-order valence-corrected chi connectivity index (χ2v) is 16.0. The van der Waals surface area contributed by atoms with Crippen molar-refractivity contribution in [1.82, 2.24) is 0 Å². The molecule has 288 valence electrons. The van der Waals surface area contributed by atoms with Gasteiger partial charge < -0.3 is 5.11 Å². The Morgan fingerprint density at radius 2 is 0.500 bits per heavy atom. The van der Waals surface area contributed by atoms with Gasteiger partial charge in [0.05, 0.1) is 0 Å². The summed E-state index contributed by atoms with van der Waals surface area (Å²) >= 11 is 0. The molecule has 0 fully saturated rings. The fraction of sp³-hybridized carbons (Fsp3) is 0.978. The van der Waals surface area contributed by atoms with Gasteiger partial charge in [0.25, 0.3) is 0 Å². The van der Waals surface area contributed by atoms with Crippen molar-refractivity contribution in [3.63, 3.8) is 0 Å². The number of aliphatic hydroxyl groups excluding tert-OH is 1. The van der Waals surface area contributed by atoms with E-state index in [2.05, 4.69) is 13.8 Å². The van der Waals surface area contributed by atoms with E-state index < -0.39 is 6.10 Å². The number of ketones is 1. The van der Waals surface area contributed by atoms with Gasteiger partial charge in [0, 0.05) is 6.42 Å². The smallest absolute Gasteiger partial charge is 0.161 e. The average molecular weight is 677 g/mol. The maximum Gasteiger partial charge on any atom is 0.161 e. The number of rotatable bonds is 43. The van der Waals surface area contributed by atoms with Crippen LogP contribution < -0.4 is 0 Å². The molecule has 1 atom stereocenters. The molecule has 0 spiro atoms. The van der Waals surface area contributed by atoms with Gasteiger partial charge in [0.15, 0.2) is 5.78 Å². The van der Waals surface area contributed by atoms with Crippen molar-refractivity contribution >= 4 is 5.78 Å². The first-order valence-electron chi connectivity index (χ1n) is 22.9. The van der Waals surface area contributed by atoms with Crippen LogP contribution in [-0.2, 0) is 4.79 Å². The molecule has 2 heteroatoms. The van der Waals surface area contributed by atoms with Crippen molar-refractivity contribution in [2.24, 2.45) is 0 Å². The van der Waals surface area contributed by atoms with Crippen molar-refractivity contribution < 1.29 is 9.90 Å². The van der Waals surface area contributed by atoms with Crippen LogP contribution in [0.2, 0.25) is 0 Å². The van der Waals surface area contributed by atoms with Gasteiger partial charge in [-0.05, 0) is 12.8 Å². The van der Waals surface area contributed by atoms with Crippen LogP contribution in [0.4, 0.5) is 0 Å². The molecule has 0 radical (unpaired) electrons. The van der Waals surface area contributed by atoms with Gasteiger partial charge in [-0.1, -0.05) is 264 Å². The summed E-state index contributed by atoms with van der Waals surface area (Å²) in [5.74, 6) is 0.0928.